The van der Waals surface area contributed by atoms with E-state index in [0.29, 0.717) is 13.1 Å². The van der Waals surface area contributed by atoms with Crippen molar-refractivity contribution >= 4 is 21.8 Å². The number of halogens is 4. The fourth-order valence-corrected chi connectivity index (χ4v) is 2.35. The molecule has 8 heteroatoms. The molecule has 0 aromatic heterocycles. The van der Waals surface area contributed by atoms with Crippen LogP contribution in [0.2, 0.25) is 0 Å². The van der Waals surface area contributed by atoms with Gasteiger partial charge in [0, 0.05) is 38.1 Å². The van der Waals surface area contributed by atoms with E-state index >= 15 is 0 Å². The van der Waals surface area contributed by atoms with Crippen LogP contribution >= 0.6 is 15.9 Å². The van der Waals surface area contributed by atoms with Crippen LogP contribution in [0.1, 0.15) is 6.42 Å². The van der Waals surface area contributed by atoms with Gasteiger partial charge in [0.25, 0.3) is 0 Å². The van der Waals surface area contributed by atoms with Gasteiger partial charge < -0.3 is 9.64 Å². The highest BCUT2D eigenvalue weighted by atomic mass is 79.9. The highest BCUT2D eigenvalue weighted by Gasteiger charge is 2.27. The minimum absolute atomic E-state index is 0.00846. The Labute approximate surface area is 119 Å². The monoisotopic (exact) mass is 346 g/mol. The number of nitrogens with zero attached hydrogens (tertiary/aromatic N) is 2. The third-order valence-electron chi connectivity index (χ3n) is 2.85. The van der Waals surface area contributed by atoms with Gasteiger partial charge in [0.05, 0.1) is 13.0 Å². The molecule has 1 aliphatic rings. The summed E-state index contributed by atoms with van der Waals surface area (Å²) in [6.07, 6.45) is -4.32. The number of ether oxygens (including phenoxy) is 1. The zero-order chi connectivity index (χ0) is 14.3. The first-order valence-corrected chi connectivity index (χ1v) is 7.25. The van der Waals surface area contributed by atoms with E-state index in [1.54, 1.807) is 4.90 Å². The number of piperazine rings is 1. The minimum atomic E-state index is -4.33. The van der Waals surface area contributed by atoms with Crippen molar-refractivity contribution in [2.75, 3.05) is 51.3 Å². The first-order chi connectivity index (χ1) is 8.92. The van der Waals surface area contributed by atoms with Gasteiger partial charge in [-0.05, 0) is 0 Å². The number of alkyl halides is 4. The van der Waals surface area contributed by atoms with Crippen LogP contribution in [-0.2, 0) is 9.53 Å². The van der Waals surface area contributed by atoms with Crippen LogP contribution < -0.4 is 0 Å². The van der Waals surface area contributed by atoms with Crippen molar-refractivity contribution in [1.82, 2.24) is 9.80 Å². The Hall–Kier alpha value is -0.340. The lowest BCUT2D eigenvalue weighted by atomic mass is 10.3. The minimum Gasteiger partial charge on any atom is -0.372 e. The summed E-state index contributed by atoms with van der Waals surface area (Å²) in [6.45, 7) is 2.34. The molecule has 0 bridgehead atoms. The second-order valence-corrected chi connectivity index (χ2v) is 5.12. The van der Waals surface area contributed by atoms with Crippen LogP contribution in [0.4, 0.5) is 13.2 Å². The molecule has 1 saturated heterocycles. The Balaban J connectivity index is 2.14. The highest BCUT2D eigenvalue weighted by molar-refractivity contribution is 9.09. The zero-order valence-electron chi connectivity index (χ0n) is 10.6. The van der Waals surface area contributed by atoms with Crippen molar-refractivity contribution < 1.29 is 22.7 Å². The molecule has 0 unspecified atom stereocenters. The fraction of sp³-hybridized carbons (Fsp3) is 0.909. The number of rotatable bonds is 6. The van der Waals surface area contributed by atoms with Gasteiger partial charge in [-0.1, -0.05) is 15.9 Å². The van der Waals surface area contributed by atoms with E-state index in [1.165, 1.54) is 0 Å². The molecule has 0 radical (unpaired) electrons. The van der Waals surface area contributed by atoms with Crippen LogP contribution in [0.25, 0.3) is 0 Å². The highest BCUT2D eigenvalue weighted by Crippen LogP contribution is 2.14. The van der Waals surface area contributed by atoms with E-state index in [-0.39, 0.29) is 18.9 Å². The SMILES string of the molecule is O=C(CCOCC(F)(F)F)N1CCN(CCBr)CC1. The van der Waals surface area contributed by atoms with Crippen LogP contribution in [0, 0.1) is 0 Å². The molecule has 0 aliphatic carbocycles. The van der Waals surface area contributed by atoms with Gasteiger partial charge in [-0.2, -0.15) is 13.2 Å². The van der Waals surface area contributed by atoms with Gasteiger partial charge >= 0.3 is 6.18 Å². The topological polar surface area (TPSA) is 32.8 Å². The van der Waals surface area contributed by atoms with Crippen molar-refractivity contribution in [3.63, 3.8) is 0 Å². The van der Waals surface area contributed by atoms with Crippen molar-refractivity contribution in [3.05, 3.63) is 0 Å². The average Bonchev–Trinajstić information content (AvgIpc) is 2.34. The quantitative estimate of drug-likeness (QED) is 0.539. The second kappa shape index (κ2) is 8.06. The van der Waals surface area contributed by atoms with E-state index in [2.05, 4.69) is 25.6 Å². The predicted molar refractivity (Wildman–Crippen MR) is 68.3 cm³/mol. The molecule has 0 spiro atoms. The number of carbonyl (C=O) groups is 1. The summed E-state index contributed by atoms with van der Waals surface area (Å²) in [7, 11) is 0. The van der Waals surface area contributed by atoms with Crippen molar-refractivity contribution in [3.8, 4) is 0 Å². The van der Waals surface area contributed by atoms with E-state index in [0.717, 1.165) is 25.0 Å². The summed E-state index contributed by atoms with van der Waals surface area (Å²) in [6, 6.07) is 0. The van der Waals surface area contributed by atoms with Gasteiger partial charge in [-0.15, -0.1) is 0 Å². The maximum atomic E-state index is 11.8. The molecule has 0 saturated carbocycles. The van der Waals surface area contributed by atoms with Gasteiger partial charge in [0.15, 0.2) is 0 Å². The zero-order valence-corrected chi connectivity index (χ0v) is 12.2. The van der Waals surface area contributed by atoms with Crippen molar-refractivity contribution in [2.45, 2.75) is 12.6 Å². The third-order valence-corrected chi connectivity index (χ3v) is 3.21. The molecule has 0 N–H and O–H groups in total. The van der Waals surface area contributed by atoms with Crippen LogP contribution in [0.5, 0.6) is 0 Å². The lowest BCUT2D eigenvalue weighted by Gasteiger charge is -2.34. The number of amides is 1. The molecule has 19 heavy (non-hydrogen) atoms. The Morgan fingerprint density at radius 2 is 1.84 bits per heavy atom. The smallest absolute Gasteiger partial charge is 0.372 e. The third kappa shape index (κ3) is 7.12. The molecule has 0 aromatic rings. The Morgan fingerprint density at radius 3 is 2.37 bits per heavy atom. The standard InChI is InChI=1S/C11H18BrF3N2O2/c12-2-3-16-4-6-17(7-5-16)10(18)1-8-19-9-11(13,14)15/h1-9H2. The largest absolute Gasteiger partial charge is 0.411 e. The molecule has 1 amide bonds. The van der Waals surface area contributed by atoms with Gasteiger partial charge in [0.1, 0.15) is 6.61 Å². The van der Waals surface area contributed by atoms with Gasteiger partial charge in [-0.25, -0.2) is 0 Å². The average molecular weight is 347 g/mol. The first kappa shape index (κ1) is 16.7. The molecular weight excluding hydrogens is 329 g/mol. The maximum absolute atomic E-state index is 11.8. The molecule has 0 atom stereocenters. The molecule has 1 heterocycles. The number of carbonyl (C=O) groups excluding carboxylic acids is 1. The van der Waals surface area contributed by atoms with Crippen molar-refractivity contribution in [2.24, 2.45) is 0 Å². The van der Waals surface area contributed by atoms with Crippen LogP contribution in [-0.4, -0.2) is 73.2 Å². The molecule has 1 fully saturated rings. The van der Waals surface area contributed by atoms with Gasteiger partial charge in [0.2, 0.25) is 5.91 Å². The molecular formula is C11H18BrF3N2O2. The Bertz CT molecular complexity index is 282. The first-order valence-electron chi connectivity index (χ1n) is 6.13. The summed E-state index contributed by atoms with van der Waals surface area (Å²) in [5.41, 5.74) is 0. The Morgan fingerprint density at radius 1 is 1.21 bits per heavy atom. The summed E-state index contributed by atoms with van der Waals surface area (Å²) >= 11 is 3.36. The molecule has 112 valence electrons. The maximum Gasteiger partial charge on any atom is 0.411 e. The summed E-state index contributed by atoms with van der Waals surface area (Å²) < 4.78 is 39.9. The lowest BCUT2D eigenvalue weighted by Crippen LogP contribution is -2.49. The van der Waals surface area contributed by atoms with Gasteiger partial charge in [-0.3, -0.25) is 9.69 Å². The lowest BCUT2D eigenvalue weighted by molar-refractivity contribution is -0.175. The predicted octanol–water partition coefficient (Wildman–Crippen LogP) is 1.49. The van der Waals surface area contributed by atoms with E-state index in [9.17, 15) is 18.0 Å². The molecule has 1 rings (SSSR count). The van der Waals surface area contributed by atoms with E-state index < -0.39 is 12.8 Å². The van der Waals surface area contributed by atoms with E-state index in [4.69, 9.17) is 0 Å². The normalized spacial score (nSPS) is 17.8. The van der Waals surface area contributed by atoms with Crippen LogP contribution in [0.3, 0.4) is 0 Å². The van der Waals surface area contributed by atoms with E-state index in [1.807, 2.05) is 0 Å². The summed E-state index contributed by atoms with van der Waals surface area (Å²) in [4.78, 5) is 15.6. The molecule has 0 aromatic carbocycles. The Kier molecular flexibility index (Phi) is 7.09. The molecule has 1 aliphatic heterocycles. The summed E-state index contributed by atoms with van der Waals surface area (Å²) in [5.74, 6) is -0.138. The fourth-order valence-electron chi connectivity index (χ4n) is 1.85. The van der Waals surface area contributed by atoms with Crippen molar-refractivity contribution in [1.29, 1.82) is 0 Å². The second-order valence-electron chi connectivity index (χ2n) is 4.33. The molecule has 4 nitrogen and oxygen atoms in total. The summed E-state index contributed by atoms with van der Waals surface area (Å²) in [5, 5.41) is 0.895. The van der Waals surface area contributed by atoms with Crippen LogP contribution in [0.15, 0.2) is 0 Å². The number of hydrogen-bond acceptors (Lipinski definition) is 3. The number of hydrogen-bond donors (Lipinski definition) is 0.